The second-order valence-electron chi connectivity index (χ2n) is 4.15. The minimum Gasteiger partial charge on any atom is -0.505 e. The Morgan fingerprint density at radius 1 is 1.05 bits per heavy atom. The molecule has 0 spiro atoms. The molecule has 9 heteroatoms. The maximum absolute atomic E-state index is 11.2. The number of carboxylic acids is 1. The summed E-state index contributed by atoms with van der Waals surface area (Å²) in [7, 11) is -4.66. The van der Waals surface area contributed by atoms with Gasteiger partial charge in [0.05, 0.1) is 10.6 Å². The molecule has 114 valence electrons. The number of rotatable bonds is 4. The Morgan fingerprint density at radius 3 is 2.23 bits per heavy atom. The highest BCUT2D eigenvalue weighted by Crippen LogP contribution is 2.34. The molecule has 0 unspecified atom stereocenters. The molecule has 0 saturated carbocycles. The third kappa shape index (κ3) is 3.45. The van der Waals surface area contributed by atoms with Gasteiger partial charge in [0.15, 0.2) is 5.75 Å². The number of phenols is 1. The van der Waals surface area contributed by atoms with Crippen molar-refractivity contribution in [3.63, 3.8) is 0 Å². The first-order valence-corrected chi connectivity index (χ1v) is 7.27. The minimum absolute atomic E-state index is 0.392. The second kappa shape index (κ2) is 5.92. The van der Waals surface area contributed by atoms with Crippen molar-refractivity contribution in [3.8, 4) is 5.75 Å². The Kier molecular flexibility index (Phi) is 4.20. The fraction of sp³-hybridized carbons (Fsp3) is 0. The first-order valence-electron chi connectivity index (χ1n) is 5.83. The molecule has 0 aliphatic rings. The van der Waals surface area contributed by atoms with E-state index < -0.39 is 38.0 Å². The van der Waals surface area contributed by atoms with E-state index in [4.69, 9.17) is 9.66 Å². The Morgan fingerprint density at radius 2 is 1.68 bits per heavy atom. The van der Waals surface area contributed by atoms with Crippen molar-refractivity contribution in [2.24, 2.45) is 10.2 Å². The molecule has 0 amide bonds. The highest BCUT2D eigenvalue weighted by Gasteiger charge is 2.20. The third-order valence-corrected chi connectivity index (χ3v) is 3.45. The van der Waals surface area contributed by atoms with Crippen molar-refractivity contribution >= 4 is 27.5 Å². The van der Waals surface area contributed by atoms with Crippen LogP contribution in [-0.2, 0) is 10.1 Å². The quantitative estimate of drug-likeness (QED) is 0.584. The third-order valence-electron chi connectivity index (χ3n) is 2.62. The van der Waals surface area contributed by atoms with Crippen LogP contribution in [0.5, 0.6) is 5.75 Å². The number of carboxylic acid groups (broad SMARTS) is 1. The molecule has 3 N–H and O–H groups in total. The Balaban J connectivity index is 2.57. The van der Waals surface area contributed by atoms with Crippen LogP contribution in [0, 0.1) is 0 Å². The number of aromatic carboxylic acids is 1. The number of benzene rings is 2. The molecule has 22 heavy (non-hydrogen) atoms. The van der Waals surface area contributed by atoms with Gasteiger partial charge in [0.1, 0.15) is 11.3 Å². The summed E-state index contributed by atoms with van der Waals surface area (Å²) in [5.41, 5.74) is -0.690. The van der Waals surface area contributed by atoms with Crippen LogP contribution in [0.1, 0.15) is 10.4 Å². The monoisotopic (exact) mass is 322 g/mol. The molecule has 2 aromatic carbocycles. The first-order chi connectivity index (χ1) is 10.3. The molecular formula is C13H10N2O6S. The topological polar surface area (TPSA) is 137 Å². The van der Waals surface area contributed by atoms with E-state index in [9.17, 15) is 18.3 Å². The van der Waals surface area contributed by atoms with Gasteiger partial charge in [-0.2, -0.15) is 13.5 Å². The molecule has 0 aliphatic heterocycles. The number of aromatic hydroxyl groups is 1. The summed E-state index contributed by atoms with van der Waals surface area (Å²) in [5, 5.41) is 26.2. The summed E-state index contributed by atoms with van der Waals surface area (Å²) in [6.45, 7) is 0. The van der Waals surface area contributed by atoms with E-state index in [1.54, 1.807) is 30.3 Å². The van der Waals surface area contributed by atoms with Crippen LogP contribution in [0.2, 0.25) is 0 Å². The average molecular weight is 322 g/mol. The summed E-state index contributed by atoms with van der Waals surface area (Å²) >= 11 is 0. The van der Waals surface area contributed by atoms with Crippen molar-refractivity contribution in [2.75, 3.05) is 0 Å². The summed E-state index contributed by atoms with van der Waals surface area (Å²) < 4.78 is 31.3. The molecule has 2 aromatic rings. The summed E-state index contributed by atoms with van der Waals surface area (Å²) in [6, 6.07) is 9.78. The molecule has 8 nitrogen and oxygen atoms in total. The van der Waals surface area contributed by atoms with E-state index >= 15 is 0 Å². The van der Waals surface area contributed by atoms with Crippen LogP contribution in [-0.4, -0.2) is 29.2 Å². The van der Waals surface area contributed by atoms with E-state index in [0.29, 0.717) is 11.8 Å². The lowest BCUT2D eigenvalue weighted by Crippen LogP contribution is -2.03. The first kappa shape index (κ1) is 15.6. The SMILES string of the molecule is O=C(O)c1cc(S(=O)(=O)O)cc(N=Nc2ccccc2)c1O. The maximum atomic E-state index is 11.2. The van der Waals surface area contributed by atoms with Crippen LogP contribution in [0.15, 0.2) is 57.6 Å². The molecule has 0 atom stereocenters. The number of azo groups is 1. The molecule has 0 bridgehead atoms. The minimum atomic E-state index is -4.66. The highest BCUT2D eigenvalue weighted by atomic mass is 32.2. The largest absolute Gasteiger partial charge is 0.505 e. The molecule has 0 heterocycles. The van der Waals surface area contributed by atoms with Crippen molar-refractivity contribution in [2.45, 2.75) is 4.90 Å². The lowest BCUT2D eigenvalue weighted by molar-refractivity contribution is 0.0693. The van der Waals surface area contributed by atoms with E-state index in [2.05, 4.69) is 10.2 Å². The molecule has 0 radical (unpaired) electrons. The summed E-state index contributed by atoms with van der Waals surface area (Å²) in [6.07, 6.45) is 0. The van der Waals surface area contributed by atoms with Crippen LogP contribution in [0.3, 0.4) is 0 Å². The van der Waals surface area contributed by atoms with Crippen LogP contribution < -0.4 is 0 Å². The van der Waals surface area contributed by atoms with E-state index in [-0.39, 0.29) is 0 Å². The number of hydrogen-bond donors (Lipinski definition) is 3. The normalized spacial score (nSPS) is 11.7. The van der Waals surface area contributed by atoms with Gasteiger partial charge in [-0.3, -0.25) is 4.55 Å². The second-order valence-corrected chi connectivity index (χ2v) is 5.58. The lowest BCUT2D eigenvalue weighted by Gasteiger charge is -2.05. The van der Waals surface area contributed by atoms with Crippen molar-refractivity contribution in [1.82, 2.24) is 0 Å². The predicted molar refractivity (Wildman–Crippen MR) is 75.5 cm³/mol. The fourth-order valence-electron chi connectivity index (χ4n) is 1.59. The Bertz CT molecular complexity index is 846. The zero-order valence-electron chi connectivity index (χ0n) is 10.9. The Labute approximate surface area is 125 Å². The standard InChI is InChI=1S/C13H10N2O6S/c16-12-10(13(17)18)6-9(22(19,20)21)7-11(12)15-14-8-4-2-1-3-5-8/h1-7,16H,(H,17,18)(H,19,20,21). The zero-order chi connectivity index (χ0) is 16.3. The fourth-order valence-corrected chi connectivity index (χ4v) is 2.12. The van der Waals surface area contributed by atoms with Crippen molar-refractivity contribution in [1.29, 1.82) is 0 Å². The van der Waals surface area contributed by atoms with Crippen LogP contribution in [0.25, 0.3) is 0 Å². The highest BCUT2D eigenvalue weighted by molar-refractivity contribution is 7.85. The van der Waals surface area contributed by atoms with Gasteiger partial charge in [0, 0.05) is 0 Å². The van der Waals surface area contributed by atoms with Gasteiger partial charge in [-0.05, 0) is 24.3 Å². The molecule has 0 saturated heterocycles. The summed E-state index contributed by atoms with van der Waals surface area (Å²) in [4.78, 5) is 10.3. The van der Waals surface area contributed by atoms with E-state index in [1.807, 2.05) is 0 Å². The zero-order valence-corrected chi connectivity index (χ0v) is 11.7. The van der Waals surface area contributed by atoms with Gasteiger partial charge in [0.2, 0.25) is 0 Å². The van der Waals surface area contributed by atoms with Gasteiger partial charge in [-0.15, -0.1) is 5.11 Å². The number of hydrogen-bond acceptors (Lipinski definition) is 6. The predicted octanol–water partition coefficient (Wildman–Crippen LogP) is 2.75. The van der Waals surface area contributed by atoms with Gasteiger partial charge >= 0.3 is 5.97 Å². The Hall–Kier alpha value is -2.78. The smallest absolute Gasteiger partial charge is 0.339 e. The van der Waals surface area contributed by atoms with E-state index in [0.717, 1.165) is 6.07 Å². The van der Waals surface area contributed by atoms with Crippen LogP contribution >= 0.6 is 0 Å². The van der Waals surface area contributed by atoms with Gasteiger partial charge < -0.3 is 10.2 Å². The van der Waals surface area contributed by atoms with Crippen molar-refractivity contribution < 1.29 is 28.0 Å². The maximum Gasteiger partial charge on any atom is 0.339 e. The molecule has 0 aromatic heterocycles. The van der Waals surface area contributed by atoms with E-state index in [1.165, 1.54) is 0 Å². The molecule has 0 aliphatic carbocycles. The average Bonchev–Trinajstić information content (AvgIpc) is 2.45. The molecule has 0 fully saturated rings. The van der Waals surface area contributed by atoms with Crippen LogP contribution in [0.4, 0.5) is 11.4 Å². The van der Waals surface area contributed by atoms with Gasteiger partial charge in [-0.25, -0.2) is 4.79 Å². The van der Waals surface area contributed by atoms with Gasteiger partial charge in [0.25, 0.3) is 10.1 Å². The number of carbonyl (C=O) groups is 1. The number of nitrogens with zero attached hydrogens (tertiary/aromatic N) is 2. The molecular weight excluding hydrogens is 312 g/mol. The summed E-state index contributed by atoms with van der Waals surface area (Å²) in [5.74, 6) is -2.32. The lowest BCUT2D eigenvalue weighted by atomic mass is 10.2. The van der Waals surface area contributed by atoms with Crippen molar-refractivity contribution in [3.05, 3.63) is 48.0 Å². The van der Waals surface area contributed by atoms with Gasteiger partial charge in [-0.1, -0.05) is 18.2 Å². The molecule has 2 rings (SSSR count).